The number of hydrogen-bond acceptors (Lipinski definition) is 2. The van der Waals surface area contributed by atoms with E-state index < -0.39 is 0 Å². The lowest BCUT2D eigenvalue weighted by Gasteiger charge is -2.06. The summed E-state index contributed by atoms with van der Waals surface area (Å²) in [5.41, 5.74) is 6.32. The summed E-state index contributed by atoms with van der Waals surface area (Å²) in [6, 6.07) is 4.47. The van der Waals surface area contributed by atoms with E-state index in [4.69, 9.17) is 10.5 Å². The Morgan fingerprint density at radius 2 is 2.15 bits per heavy atom. The molecule has 74 valence electrons. The Labute approximate surface area is 83.3 Å². The molecule has 1 aromatic rings. The lowest BCUT2D eigenvalue weighted by Crippen LogP contribution is -2.04. The summed E-state index contributed by atoms with van der Waals surface area (Å²) in [5.74, 6) is 0.285. The molecule has 0 aliphatic carbocycles. The predicted octanol–water partition coefficient (Wildman–Crippen LogP) is 1.76. The van der Waals surface area contributed by atoms with Gasteiger partial charge in [0.05, 0.1) is 7.11 Å². The van der Waals surface area contributed by atoms with Crippen molar-refractivity contribution in [3.05, 3.63) is 29.6 Å². The molecule has 2 nitrogen and oxygen atoms in total. The highest BCUT2D eigenvalue weighted by atomic mass is 35.5. The maximum Gasteiger partial charge on any atom is 0.126 e. The minimum Gasteiger partial charge on any atom is -0.496 e. The number of rotatable bonds is 3. The monoisotopic (exact) mass is 205 g/mol. The Balaban J connectivity index is 0.00000144. The molecule has 0 unspecified atom stereocenters. The molecule has 0 saturated heterocycles. The topological polar surface area (TPSA) is 35.2 Å². The van der Waals surface area contributed by atoms with Gasteiger partial charge < -0.3 is 10.5 Å². The van der Waals surface area contributed by atoms with Gasteiger partial charge in [0.25, 0.3) is 0 Å². The maximum absolute atomic E-state index is 12.7. The molecule has 0 amide bonds. The van der Waals surface area contributed by atoms with Gasteiger partial charge in [0.2, 0.25) is 0 Å². The SMILES string of the molecule is COc1cc(F)ccc1CCN.Cl. The van der Waals surface area contributed by atoms with Gasteiger partial charge in [-0.3, -0.25) is 0 Å². The van der Waals surface area contributed by atoms with Crippen molar-refractivity contribution >= 4 is 12.4 Å². The summed E-state index contributed by atoms with van der Waals surface area (Å²) in [4.78, 5) is 0. The standard InChI is InChI=1S/C9H12FNO.ClH/c1-12-9-6-8(10)3-2-7(9)4-5-11;/h2-3,6H,4-5,11H2,1H3;1H. The summed E-state index contributed by atoms with van der Waals surface area (Å²) < 4.78 is 17.6. The van der Waals surface area contributed by atoms with Crippen LogP contribution in [0.4, 0.5) is 4.39 Å². The molecular formula is C9H13ClFNO. The quantitative estimate of drug-likeness (QED) is 0.816. The van der Waals surface area contributed by atoms with E-state index in [0.717, 1.165) is 5.56 Å². The van der Waals surface area contributed by atoms with Gasteiger partial charge in [0.1, 0.15) is 11.6 Å². The fraction of sp³-hybridized carbons (Fsp3) is 0.333. The molecule has 2 N–H and O–H groups in total. The minimum absolute atomic E-state index is 0. The Morgan fingerprint density at radius 3 is 2.69 bits per heavy atom. The Morgan fingerprint density at radius 1 is 1.46 bits per heavy atom. The summed E-state index contributed by atoms with van der Waals surface area (Å²) >= 11 is 0. The van der Waals surface area contributed by atoms with E-state index in [1.165, 1.54) is 19.2 Å². The molecule has 13 heavy (non-hydrogen) atoms. The van der Waals surface area contributed by atoms with Gasteiger partial charge in [-0.15, -0.1) is 12.4 Å². The van der Waals surface area contributed by atoms with Crippen LogP contribution in [0.5, 0.6) is 5.75 Å². The first kappa shape index (κ1) is 12.2. The van der Waals surface area contributed by atoms with Crippen molar-refractivity contribution in [1.82, 2.24) is 0 Å². The van der Waals surface area contributed by atoms with Crippen LogP contribution in [-0.4, -0.2) is 13.7 Å². The lowest BCUT2D eigenvalue weighted by atomic mass is 10.1. The van der Waals surface area contributed by atoms with Crippen molar-refractivity contribution in [1.29, 1.82) is 0 Å². The van der Waals surface area contributed by atoms with Crippen molar-refractivity contribution in [3.63, 3.8) is 0 Å². The van der Waals surface area contributed by atoms with E-state index in [1.807, 2.05) is 0 Å². The molecule has 1 aromatic carbocycles. The second-order valence-corrected chi connectivity index (χ2v) is 2.49. The summed E-state index contributed by atoms with van der Waals surface area (Å²) in [6.45, 7) is 0.544. The van der Waals surface area contributed by atoms with Gasteiger partial charge in [-0.2, -0.15) is 0 Å². The number of benzene rings is 1. The highest BCUT2D eigenvalue weighted by molar-refractivity contribution is 5.85. The molecule has 0 aliphatic heterocycles. The Bertz CT molecular complexity index is 268. The number of halogens is 2. The van der Waals surface area contributed by atoms with Gasteiger partial charge in [-0.25, -0.2) is 4.39 Å². The third-order valence-electron chi connectivity index (χ3n) is 1.66. The zero-order valence-electron chi connectivity index (χ0n) is 7.42. The average Bonchev–Trinajstić information content (AvgIpc) is 2.08. The number of nitrogens with two attached hydrogens (primary N) is 1. The Kier molecular flexibility index (Phi) is 5.42. The predicted molar refractivity (Wildman–Crippen MR) is 53.0 cm³/mol. The number of ether oxygens (including phenoxy) is 1. The first-order valence-corrected chi connectivity index (χ1v) is 3.80. The summed E-state index contributed by atoms with van der Waals surface area (Å²) in [6.07, 6.45) is 0.712. The highest BCUT2D eigenvalue weighted by Gasteiger charge is 2.02. The van der Waals surface area contributed by atoms with E-state index in [0.29, 0.717) is 18.7 Å². The van der Waals surface area contributed by atoms with Gasteiger partial charge in [-0.1, -0.05) is 6.07 Å². The van der Waals surface area contributed by atoms with E-state index in [1.54, 1.807) is 6.07 Å². The van der Waals surface area contributed by atoms with Crippen molar-refractivity contribution in [2.45, 2.75) is 6.42 Å². The van der Waals surface area contributed by atoms with Crippen LogP contribution in [-0.2, 0) is 6.42 Å². The van der Waals surface area contributed by atoms with Gasteiger partial charge in [-0.05, 0) is 24.6 Å². The van der Waals surface area contributed by atoms with Crippen LogP contribution in [0.2, 0.25) is 0 Å². The summed E-state index contributed by atoms with van der Waals surface area (Å²) in [5, 5.41) is 0. The van der Waals surface area contributed by atoms with E-state index >= 15 is 0 Å². The van der Waals surface area contributed by atoms with Crippen LogP contribution in [0.15, 0.2) is 18.2 Å². The van der Waals surface area contributed by atoms with Crippen molar-refractivity contribution < 1.29 is 9.13 Å². The fourth-order valence-electron chi connectivity index (χ4n) is 1.08. The van der Waals surface area contributed by atoms with Crippen LogP contribution in [0.1, 0.15) is 5.56 Å². The fourth-order valence-corrected chi connectivity index (χ4v) is 1.08. The van der Waals surface area contributed by atoms with Crippen molar-refractivity contribution in [2.75, 3.05) is 13.7 Å². The van der Waals surface area contributed by atoms with Crippen molar-refractivity contribution in [3.8, 4) is 5.75 Å². The van der Waals surface area contributed by atoms with Gasteiger partial charge in [0, 0.05) is 6.07 Å². The molecule has 0 saturated carbocycles. The molecule has 0 fully saturated rings. The molecule has 0 aliphatic rings. The zero-order chi connectivity index (χ0) is 8.97. The molecule has 4 heteroatoms. The molecule has 0 aromatic heterocycles. The molecule has 0 bridgehead atoms. The molecule has 1 rings (SSSR count). The average molecular weight is 206 g/mol. The molecule has 0 heterocycles. The molecule has 0 radical (unpaired) electrons. The summed E-state index contributed by atoms with van der Waals surface area (Å²) in [7, 11) is 1.52. The van der Waals surface area contributed by atoms with Gasteiger partial charge >= 0.3 is 0 Å². The molecule has 0 atom stereocenters. The van der Waals surface area contributed by atoms with Crippen LogP contribution in [0.25, 0.3) is 0 Å². The van der Waals surface area contributed by atoms with Crippen LogP contribution in [0, 0.1) is 5.82 Å². The number of hydrogen-bond donors (Lipinski definition) is 1. The van der Waals surface area contributed by atoms with E-state index in [2.05, 4.69) is 0 Å². The van der Waals surface area contributed by atoms with Gasteiger partial charge in [0.15, 0.2) is 0 Å². The molecule has 0 spiro atoms. The zero-order valence-corrected chi connectivity index (χ0v) is 8.23. The normalized spacial score (nSPS) is 9.15. The number of methoxy groups -OCH3 is 1. The lowest BCUT2D eigenvalue weighted by molar-refractivity contribution is 0.406. The largest absolute Gasteiger partial charge is 0.496 e. The van der Waals surface area contributed by atoms with E-state index in [-0.39, 0.29) is 18.2 Å². The second kappa shape index (κ2) is 5.78. The minimum atomic E-state index is -0.285. The van der Waals surface area contributed by atoms with Crippen molar-refractivity contribution in [2.24, 2.45) is 5.73 Å². The third-order valence-corrected chi connectivity index (χ3v) is 1.66. The van der Waals surface area contributed by atoms with Crippen LogP contribution in [0.3, 0.4) is 0 Å². The maximum atomic E-state index is 12.7. The van der Waals surface area contributed by atoms with Crippen LogP contribution < -0.4 is 10.5 Å². The third kappa shape index (κ3) is 3.20. The van der Waals surface area contributed by atoms with Crippen LogP contribution >= 0.6 is 12.4 Å². The highest BCUT2D eigenvalue weighted by Crippen LogP contribution is 2.19. The smallest absolute Gasteiger partial charge is 0.126 e. The second-order valence-electron chi connectivity index (χ2n) is 2.49. The Hall–Kier alpha value is -0.800. The first-order chi connectivity index (χ1) is 5.77. The van der Waals surface area contributed by atoms with E-state index in [9.17, 15) is 4.39 Å². The molecular weight excluding hydrogens is 193 g/mol. The first-order valence-electron chi connectivity index (χ1n) is 3.80.